The molecule has 1 rings (SSSR count). The first-order chi connectivity index (χ1) is 8.26. The van der Waals surface area contributed by atoms with Gasteiger partial charge in [-0.25, -0.2) is 4.98 Å². The van der Waals surface area contributed by atoms with Crippen molar-refractivity contribution in [2.75, 3.05) is 32.7 Å². The van der Waals surface area contributed by atoms with Gasteiger partial charge in [0.15, 0.2) is 5.82 Å². The Morgan fingerprint density at radius 3 is 2.82 bits per heavy atom. The van der Waals surface area contributed by atoms with Crippen LogP contribution in [0.3, 0.4) is 0 Å². The lowest BCUT2D eigenvalue weighted by molar-refractivity contribution is 0.127. The molecule has 6 heteroatoms. The molecule has 0 unspecified atom stereocenters. The van der Waals surface area contributed by atoms with Gasteiger partial charge < -0.3 is 19.9 Å². The van der Waals surface area contributed by atoms with E-state index in [0.29, 0.717) is 43.9 Å². The molecular formula is C11H19N3O3. The molecule has 0 aliphatic carbocycles. The van der Waals surface area contributed by atoms with Crippen molar-refractivity contribution >= 4 is 5.82 Å². The Balaban J connectivity index is 2.50. The number of methoxy groups -OCH3 is 1. The van der Waals surface area contributed by atoms with Crippen molar-refractivity contribution in [3.63, 3.8) is 0 Å². The van der Waals surface area contributed by atoms with E-state index in [1.165, 1.54) is 0 Å². The molecule has 0 aromatic carbocycles. The van der Waals surface area contributed by atoms with Crippen molar-refractivity contribution in [2.45, 2.75) is 20.0 Å². The second kappa shape index (κ2) is 7.81. The third-order valence-corrected chi connectivity index (χ3v) is 1.95. The molecular weight excluding hydrogens is 222 g/mol. The molecule has 1 heterocycles. The van der Waals surface area contributed by atoms with Crippen molar-refractivity contribution in [2.24, 2.45) is 0 Å². The van der Waals surface area contributed by atoms with E-state index in [0.717, 1.165) is 6.42 Å². The lowest BCUT2D eigenvalue weighted by Gasteiger charge is -2.07. The molecule has 0 saturated heterocycles. The van der Waals surface area contributed by atoms with Crippen LogP contribution in [0.25, 0.3) is 0 Å². The van der Waals surface area contributed by atoms with Gasteiger partial charge in [0.1, 0.15) is 12.4 Å². The first-order valence-corrected chi connectivity index (χ1v) is 5.59. The van der Waals surface area contributed by atoms with Gasteiger partial charge >= 0.3 is 0 Å². The van der Waals surface area contributed by atoms with Gasteiger partial charge in [0, 0.05) is 32.8 Å². The maximum Gasteiger partial charge on any atom is 0.218 e. The normalized spacial score (nSPS) is 10.5. The van der Waals surface area contributed by atoms with Gasteiger partial charge in [-0.2, -0.15) is 4.98 Å². The monoisotopic (exact) mass is 241 g/mol. The zero-order valence-corrected chi connectivity index (χ0v) is 10.3. The van der Waals surface area contributed by atoms with Crippen LogP contribution in [-0.2, 0) is 16.1 Å². The minimum absolute atomic E-state index is 0.343. The number of nitrogen functional groups attached to an aromatic ring is 1. The number of anilines is 1. The van der Waals surface area contributed by atoms with Crippen molar-refractivity contribution < 1.29 is 14.2 Å². The highest BCUT2D eigenvalue weighted by molar-refractivity contribution is 5.32. The zero-order valence-electron chi connectivity index (χ0n) is 10.3. The Kier molecular flexibility index (Phi) is 6.27. The second-order valence-corrected chi connectivity index (χ2v) is 3.38. The molecule has 1 aromatic rings. The SMILES string of the molecule is CCOCc1nc(N)cc(OCCCOC)n1. The third-order valence-electron chi connectivity index (χ3n) is 1.95. The van der Waals surface area contributed by atoms with E-state index in [1.54, 1.807) is 13.2 Å². The molecule has 0 saturated carbocycles. The fourth-order valence-electron chi connectivity index (χ4n) is 1.20. The number of hydrogen-bond donors (Lipinski definition) is 1. The van der Waals surface area contributed by atoms with Crippen LogP contribution in [0.1, 0.15) is 19.2 Å². The topological polar surface area (TPSA) is 79.5 Å². The largest absolute Gasteiger partial charge is 0.477 e. The Labute approximate surface area is 101 Å². The molecule has 0 aliphatic rings. The fourth-order valence-corrected chi connectivity index (χ4v) is 1.20. The molecule has 0 aliphatic heterocycles. The van der Waals surface area contributed by atoms with Gasteiger partial charge in [-0.3, -0.25) is 0 Å². The number of nitrogens with zero attached hydrogens (tertiary/aromatic N) is 2. The van der Waals surface area contributed by atoms with Crippen LogP contribution >= 0.6 is 0 Å². The Bertz CT molecular complexity index is 334. The maximum absolute atomic E-state index is 5.65. The molecule has 0 bridgehead atoms. The van der Waals surface area contributed by atoms with Crippen LogP contribution in [-0.4, -0.2) is 36.9 Å². The van der Waals surface area contributed by atoms with E-state index in [9.17, 15) is 0 Å². The first kappa shape index (κ1) is 13.7. The van der Waals surface area contributed by atoms with Crippen molar-refractivity contribution in [1.82, 2.24) is 9.97 Å². The summed E-state index contributed by atoms with van der Waals surface area (Å²) in [5.74, 6) is 1.40. The van der Waals surface area contributed by atoms with Gasteiger partial charge in [0.25, 0.3) is 0 Å². The van der Waals surface area contributed by atoms with E-state index in [4.69, 9.17) is 19.9 Å². The summed E-state index contributed by atoms with van der Waals surface area (Å²) in [4.78, 5) is 8.24. The number of aromatic nitrogens is 2. The van der Waals surface area contributed by atoms with Crippen molar-refractivity contribution in [1.29, 1.82) is 0 Å². The summed E-state index contributed by atoms with van der Waals surface area (Å²) in [5.41, 5.74) is 5.65. The van der Waals surface area contributed by atoms with Crippen molar-refractivity contribution in [3.8, 4) is 5.88 Å². The van der Waals surface area contributed by atoms with E-state index in [2.05, 4.69) is 9.97 Å². The molecule has 0 spiro atoms. The summed E-state index contributed by atoms with van der Waals surface area (Å²) in [7, 11) is 1.66. The Morgan fingerprint density at radius 1 is 1.29 bits per heavy atom. The average Bonchev–Trinajstić information content (AvgIpc) is 2.31. The summed E-state index contributed by atoms with van der Waals surface area (Å²) in [5, 5.41) is 0. The minimum Gasteiger partial charge on any atom is -0.477 e. The van der Waals surface area contributed by atoms with Gasteiger partial charge in [-0.15, -0.1) is 0 Å². The Morgan fingerprint density at radius 2 is 2.12 bits per heavy atom. The molecule has 0 atom stereocenters. The summed E-state index contributed by atoms with van der Waals surface area (Å²) in [6.45, 7) is 4.07. The van der Waals surface area contributed by atoms with E-state index in [-0.39, 0.29) is 0 Å². The molecule has 6 nitrogen and oxygen atoms in total. The lowest BCUT2D eigenvalue weighted by atomic mass is 10.5. The van der Waals surface area contributed by atoms with E-state index >= 15 is 0 Å². The number of rotatable bonds is 8. The summed E-state index contributed by atoms with van der Waals surface area (Å²) in [6.07, 6.45) is 0.807. The van der Waals surface area contributed by atoms with E-state index in [1.807, 2.05) is 6.92 Å². The zero-order chi connectivity index (χ0) is 12.5. The maximum atomic E-state index is 5.65. The van der Waals surface area contributed by atoms with Crippen molar-refractivity contribution in [3.05, 3.63) is 11.9 Å². The smallest absolute Gasteiger partial charge is 0.218 e. The highest BCUT2D eigenvalue weighted by Crippen LogP contribution is 2.11. The van der Waals surface area contributed by atoms with Gasteiger partial charge in [0.05, 0.1) is 6.61 Å². The molecule has 96 valence electrons. The number of ether oxygens (including phenoxy) is 3. The van der Waals surface area contributed by atoms with E-state index < -0.39 is 0 Å². The van der Waals surface area contributed by atoms with Crippen LogP contribution in [0.4, 0.5) is 5.82 Å². The Hall–Kier alpha value is -1.40. The third kappa shape index (κ3) is 5.46. The van der Waals surface area contributed by atoms with Gasteiger partial charge in [-0.05, 0) is 6.92 Å². The molecule has 1 aromatic heterocycles. The minimum atomic E-state index is 0.343. The number of nitrogens with two attached hydrogens (primary N) is 1. The first-order valence-electron chi connectivity index (χ1n) is 5.59. The molecule has 0 radical (unpaired) electrons. The highest BCUT2D eigenvalue weighted by atomic mass is 16.5. The molecule has 0 amide bonds. The van der Waals surface area contributed by atoms with Crippen LogP contribution < -0.4 is 10.5 Å². The van der Waals surface area contributed by atoms with Gasteiger partial charge in [0.2, 0.25) is 5.88 Å². The predicted molar refractivity (Wildman–Crippen MR) is 63.8 cm³/mol. The second-order valence-electron chi connectivity index (χ2n) is 3.38. The van der Waals surface area contributed by atoms with Crippen LogP contribution in [0.15, 0.2) is 6.07 Å². The number of hydrogen-bond acceptors (Lipinski definition) is 6. The molecule has 0 fully saturated rings. The highest BCUT2D eigenvalue weighted by Gasteiger charge is 2.03. The molecule has 17 heavy (non-hydrogen) atoms. The van der Waals surface area contributed by atoms with Crippen LogP contribution in [0.2, 0.25) is 0 Å². The van der Waals surface area contributed by atoms with Crippen LogP contribution in [0, 0.1) is 0 Å². The average molecular weight is 241 g/mol. The standard InChI is InChI=1S/C11H19N3O3/c1-3-16-8-10-13-9(12)7-11(14-10)17-6-4-5-15-2/h7H,3-6,8H2,1-2H3,(H2,12,13,14). The fraction of sp³-hybridized carbons (Fsp3) is 0.636. The summed E-state index contributed by atoms with van der Waals surface area (Å²) < 4.78 is 15.6. The summed E-state index contributed by atoms with van der Waals surface area (Å²) >= 11 is 0. The molecule has 2 N–H and O–H groups in total. The summed E-state index contributed by atoms with van der Waals surface area (Å²) in [6, 6.07) is 1.60. The predicted octanol–water partition coefficient (Wildman–Crippen LogP) is 1.01. The van der Waals surface area contributed by atoms with Crippen LogP contribution in [0.5, 0.6) is 5.88 Å². The van der Waals surface area contributed by atoms with Gasteiger partial charge in [-0.1, -0.05) is 0 Å². The lowest BCUT2D eigenvalue weighted by Crippen LogP contribution is -2.07. The quantitative estimate of drug-likeness (QED) is 0.684.